The number of methoxy groups -OCH3 is 1. The van der Waals surface area contributed by atoms with Crippen LogP contribution in [0.3, 0.4) is 0 Å². The summed E-state index contributed by atoms with van der Waals surface area (Å²) < 4.78 is 4.53. The van der Waals surface area contributed by atoms with Crippen LogP contribution in [0, 0.1) is 0 Å². The Balaban J connectivity index is 2.57. The minimum Gasteiger partial charge on any atom is -0.506 e. The molecule has 6 heteroatoms. The second-order valence-corrected chi connectivity index (χ2v) is 3.43. The third-order valence-corrected chi connectivity index (χ3v) is 2.28. The largest absolute Gasteiger partial charge is 0.506 e. The van der Waals surface area contributed by atoms with Gasteiger partial charge in [0.1, 0.15) is 28.6 Å². The molecule has 0 aliphatic carbocycles. The molecule has 0 aliphatic heterocycles. The number of esters is 1. The Labute approximate surface area is 103 Å². The van der Waals surface area contributed by atoms with E-state index in [9.17, 15) is 15.0 Å². The zero-order chi connectivity index (χ0) is 13.1. The van der Waals surface area contributed by atoms with E-state index in [4.69, 9.17) is 0 Å². The molecule has 0 fully saturated rings. The maximum absolute atomic E-state index is 11.3. The van der Waals surface area contributed by atoms with Gasteiger partial charge in [0.2, 0.25) is 0 Å². The first-order valence-corrected chi connectivity index (χ1v) is 5.06. The van der Waals surface area contributed by atoms with Crippen molar-refractivity contribution < 1.29 is 19.7 Å². The van der Waals surface area contributed by atoms with Crippen LogP contribution < -0.4 is 0 Å². The van der Waals surface area contributed by atoms with Crippen LogP contribution in [-0.4, -0.2) is 33.3 Å². The van der Waals surface area contributed by atoms with Crippen LogP contribution in [0.2, 0.25) is 0 Å². The molecule has 92 valence electrons. The molecule has 2 aromatic rings. The summed E-state index contributed by atoms with van der Waals surface area (Å²) in [5.74, 6) is -0.953. The van der Waals surface area contributed by atoms with Crippen LogP contribution in [0.4, 0.5) is 0 Å². The second kappa shape index (κ2) is 4.70. The number of carbonyl (C=O) groups excluding carboxylic acids is 1. The molecular formula is C12H10N2O4. The molecule has 2 aromatic heterocycles. The van der Waals surface area contributed by atoms with E-state index in [-0.39, 0.29) is 28.6 Å². The Morgan fingerprint density at radius 3 is 2.56 bits per heavy atom. The van der Waals surface area contributed by atoms with Crippen molar-refractivity contribution in [3.8, 4) is 22.9 Å². The third-order valence-electron chi connectivity index (χ3n) is 2.28. The smallest absolute Gasteiger partial charge is 0.356 e. The fourth-order valence-electron chi connectivity index (χ4n) is 1.42. The molecule has 6 nitrogen and oxygen atoms in total. The fraction of sp³-hybridized carbons (Fsp3) is 0.0833. The van der Waals surface area contributed by atoms with Gasteiger partial charge in [0.25, 0.3) is 0 Å². The van der Waals surface area contributed by atoms with Crippen molar-refractivity contribution in [2.45, 2.75) is 0 Å². The first-order valence-electron chi connectivity index (χ1n) is 5.06. The highest BCUT2D eigenvalue weighted by atomic mass is 16.5. The number of hydrogen-bond donors (Lipinski definition) is 2. The Bertz CT molecular complexity index is 598. The Kier molecular flexibility index (Phi) is 3.09. The van der Waals surface area contributed by atoms with E-state index in [1.54, 1.807) is 6.07 Å². The number of ether oxygens (including phenoxy) is 1. The van der Waals surface area contributed by atoms with E-state index >= 15 is 0 Å². The summed E-state index contributed by atoms with van der Waals surface area (Å²) in [5.41, 5.74) is 0.145. The molecule has 2 rings (SSSR count). The van der Waals surface area contributed by atoms with Gasteiger partial charge in [-0.15, -0.1) is 0 Å². The van der Waals surface area contributed by atoms with Crippen molar-refractivity contribution in [2.24, 2.45) is 0 Å². The molecular weight excluding hydrogens is 236 g/mol. The molecule has 0 saturated carbocycles. The van der Waals surface area contributed by atoms with Crippen LogP contribution >= 0.6 is 0 Å². The van der Waals surface area contributed by atoms with Crippen LogP contribution in [0.1, 0.15) is 10.5 Å². The molecule has 0 spiro atoms. The predicted octanol–water partition coefficient (Wildman–Crippen LogP) is 1.34. The molecule has 2 N–H and O–H groups in total. The summed E-state index contributed by atoms with van der Waals surface area (Å²) in [4.78, 5) is 19.2. The number of pyridine rings is 2. The molecule has 0 bridgehead atoms. The van der Waals surface area contributed by atoms with Gasteiger partial charge in [-0.2, -0.15) is 0 Å². The molecule has 2 heterocycles. The quantitative estimate of drug-likeness (QED) is 0.777. The van der Waals surface area contributed by atoms with Crippen LogP contribution in [0.15, 0.2) is 30.5 Å². The topological polar surface area (TPSA) is 92.5 Å². The van der Waals surface area contributed by atoms with E-state index in [1.165, 1.54) is 31.5 Å². The summed E-state index contributed by atoms with van der Waals surface area (Å²) in [5, 5.41) is 19.3. The van der Waals surface area contributed by atoms with Gasteiger partial charge < -0.3 is 14.9 Å². The number of carbonyl (C=O) groups is 1. The lowest BCUT2D eigenvalue weighted by Crippen LogP contribution is -2.05. The molecule has 0 unspecified atom stereocenters. The molecule has 0 aliphatic rings. The summed E-state index contributed by atoms with van der Waals surface area (Å²) in [6.07, 6.45) is 1.45. The Morgan fingerprint density at radius 2 is 1.89 bits per heavy atom. The van der Waals surface area contributed by atoms with Crippen LogP contribution in [0.25, 0.3) is 11.4 Å². The van der Waals surface area contributed by atoms with Crippen molar-refractivity contribution >= 4 is 5.97 Å². The Morgan fingerprint density at radius 1 is 1.17 bits per heavy atom. The van der Waals surface area contributed by atoms with E-state index in [0.717, 1.165) is 0 Å². The van der Waals surface area contributed by atoms with E-state index in [1.807, 2.05) is 0 Å². The number of aromatic nitrogens is 2. The lowest BCUT2D eigenvalue weighted by Gasteiger charge is -2.06. The summed E-state index contributed by atoms with van der Waals surface area (Å²) in [6.45, 7) is 0. The highest BCUT2D eigenvalue weighted by Gasteiger charge is 2.16. The zero-order valence-electron chi connectivity index (χ0n) is 9.49. The van der Waals surface area contributed by atoms with Gasteiger partial charge in [-0.05, 0) is 24.3 Å². The van der Waals surface area contributed by atoms with Gasteiger partial charge in [-0.1, -0.05) is 0 Å². The first-order chi connectivity index (χ1) is 8.63. The van der Waals surface area contributed by atoms with Gasteiger partial charge in [0.15, 0.2) is 0 Å². The summed E-state index contributed by atoms with van der Waals surface area (Å²) in [7, 11) is 1.23. The fourth-order valence-corrected chi connectivity index (χ4v) is 1.42. The normalized spacial score (nSPS) is 10.1. The highest BCUT2D eigenvalue weighted by Crippen LogP contribution is 2.31. The van der Waals surface area contributed by atoms with Gasteiger partial charge in [-0.3, -0.25) is 4.98 Å². The predicted molar refractivity (Wildman–Crippen MR) is 62.1 cm³/mol. The molecule has 0 aromatic carbocycles. The van der Waals surface area contributed by atoms with Crippen molar-refractivity contribution in [1.29, 1.82) is 0 Å². The minimum absolute atomic E-state index is 0.0235. The minimum atomic E-state index is -0.633. The molecule has 0 atom stereocenters. The van der Waals surface area contributed by atoms with Crippen LogP contribution in [0.5, 0.6) is 11.5 Å². The first kappa shape index (κ1) is 11.8. The van der Waals surface area contributed by atoms with Crippen molar-refractivity contribution in [2.75, 3.05) is 7.11 Å². The maximum atomic E-state index is 11.3. The molecule has 0 amide bonds. The number of nitrogens with zero attached hydrogens (tertiary/aromatic N) is 2. The van der Waals surface area contributed by atoms with Gasteiger partial charge in [0.05, 0.1) is 7.11 Å². The van der Waals surface area contributed by atoms with E-state index in [2.05, 4.69) is 14.7 Å². The van der Waals surface area contributed by atoms with Gasteiger partial charge >= 0.3 is 5.97 Å². The average Bonchev–Trinajstić information content (AvgIpc) is 2.39. The monoisotopic (exact) mass is 246 g/mol. The third kappa shape index (κ3) is 2.08. The zero-order valence-corrected chi connectivity index (χ0v) is 9.49. The Hall–Kier alpha value is -2.63. The van der Waals surface area contributed by atoms with E-state index < -0.39 is 5.97 Å². The summed E-state index contributed by atoms with van der Waals surface area (Å²) in [6, 6.07) is 5.57. The number of rotatable bonds is 2. The van der Waals surface area contributed by atoms with Crippen molar-refractivity contribution in [3.05, 3.63) is 36.2 Å². The van der Waals surface area contributed by atoms with E-state index in [0.29, 0.717) is 0 Å². The molecule has 0 saturated heterocycles. The SMILES string of the molecule is COC(=O)c1ccc(O)c(-c2ncccc2O)n1. The number of hydrogen-bond acceptors (Lipinski definition) is 6. The van der Waals surface area contributed by atoms with Crippen molar-refractivity contribution in [3.63, 3.8) is 0 Å². The maximum Gasteiger partial charge on any atom is 0.356 e. The molecule has 18 heavy (non-hydrogen) atoms. The standard InChI is InChI=1S/C12H10N2O4/c1-18-12(17)7-4-5-9(16)11(14-7)10-8(15)3-2-6-13-10/h2-6,15-16H,1H3. The van der Waals surface area contributed by atoms with Gasteiger partial charge in [-0.25, -0.2) is 9.78 Å². The van der Waals surface area contributed by atoms with Crippen molar-refractivity contribution in [1.82, 2.24) is 9.97 Å². The van der Waals surface area contributed by atoms with Gasteiger partial charge in [0, 0.05) is 6.20 Å². The average molecular weight is 246 g/mol. The number of aromatic hydroxyl groups is 2. The summed E-state index contributed by atoms with van der Waals surface area (Å²) >= 11 is 0. The highest BCUT2D eigenvalue weighted by molar-refractivity contribution is 5.88. The lowest BCUT2D eigenvalue weighted by molar-refractivity contribution is 0.0594. The lowest BCUT2D eigenvalue weighted by atomic mass is 10.2. The molecule has 0 radical (unpaired) electrons. The van der Waals surface area contributed by atoms with Crippen LogP contribution in [-0.2, 0) is 4.74 Å². The second-order valence-electron chi connectivity index (χ2n) is 3.43.